The van der Waals surface area contributed by atoms with Crippen LogP contribution >= 0.6 is 0 Å². The first-order valence-corrected chi connectivity index (χ1v) is 4.55. The predicted octanol–water partition coefficient (Wildman–Crippen LogP) is -0.480. The van der Waals surface area contributed by atoms with E-state index in [1.54, 1.807) is 20.9 Å². The Kier molecular flexibility index (Phi) is 5.87. The highest BCUT2D eigenvalue weighted by Gasteiger charge is 2.19. The van der Waals surface area contributed by atoms with Gasteiger partial charge >= 0.3 is 5.97 Å². The van der Waals surface area contributed by atoms with Gasteiger partial charge in [-0.1, -0.05) is 6.92 Å². The van der Waals surface area contributed by atoms with Gasteiger partial charge in [0.1, 0.15) is 6.04 Å². The van der Waals surface area contributed by atoms with Crippen molar-refractivity contribution in [3.63, 3.8) is 0 Å². The van der Waals surface area contributed by atoms with Crippen LogP contribution in [0, 0.1) is 5.92 Å². The molecule has 0 bridgehead atoms. The Hall–Kier alpha value is -1.10. The molecule has 0 radical (unpaired) electrons. The van der Waals surface area contributed by atoms with E-state index in [-0.39, 0.29) is 11.8 Å². The van der Waals surface area contributed by atoms with Crippen molar-refractivity contribution in [2.24, 2.45) is 5.92 Å². The molecular weight excluding hydrogens is 184 g/mol. The smallest absolute Gasteiger partial charge is 0.328 e. The van der Waals surface area contributed by atoms with Crippen molar-refractivity contribution in [1.29, 1.82) is 0 Å². The average molecular weight is 202 g/mol. The molecule has 0 aliphatic rings. The molecule has 0 fully saturated rings. The van der Waals surface area contributed by atoms with Gasteiger partial charge in [-0.3, -0.25) is 4.79 Å². The first kappa shape index (κ1) is 12.9. The SMILES string of the molecule is CNCC(C)C(=O)NC(C)C(=O)OC. The standard InChI is InChI=1S/C9H18N2O3/c1-6(5-10-3)8(12)11-7(2)9(13)14-4/h6-7,10H,5H2,1-4H3,(H,11,12). The lowest BCUT2D eigenvalue weighted by molar-refractivity contribution is -0.144. The number of rotatable bonds is 5. The summed E-state index contributed by atoms with van der Waals surface area (Å²) in [5.41, 5.74) is 0. The highest BCUT2D eigenvalue weighted by Crippen LogP contribution is 1.94. The molecule has 0 spiro atoms. The van der Waals surface area contributed by atoms with Crippen LogP contribution in [0.2, 0.25) is 0 Å². The number of esters is 1. The lowest BCUT2D eigenvalue weighted by Gasteiger charge is -2.15. The quantitative estimate of drug-likeness (QED) is 0.591. The van der Waals surface area contributed by atoms with E-state index in [0.717, 1.165) is 0 Å². The van der Waals surface area contributed by atoms with E-state index in [9.17, 15) is 9.59 Å². The van der Waals surface area contributed by atoms with Crippen molar-refractivity contribution in [3.05, 3.63) is 0 Å². The van der Waals surface area contributed by atoms with Crippen molar-refractivity contribution in [3.8, 4) is 0 Å². The second kappa shape index (κ2) is 6.37. The summed E-state index contributed by atoms with van der Waals surface area (Å²) in [4.78, 5) is 22.4. The largest absolute Gasteiger partial charge is 0.467 e. The van der Waals surface area contributed by atoms with Crippen molar-refractivity contribution in [2.45, 2.75) is 19.9 Å². The summed E-state index contributed by atoms with van der Waals surface area (Å²) >= 11 is 0. The lowest BCUT2D eigenvalue weighted by atomic mass is 10.1. The van der Waals surface area contributed by atoms with Crippen LogP contribution in [-0.2, 0) is 14.3 Å². The number of ether oxygens (including phenoxy) is 1. The highest BCUT2D eigenvalue weighted by atomic mass is 16.5. The molecule has 0 aromatic carbocycles. The Balaban J connectivity index is 3.98. The molecule has 2 unspecified atom stereocenters. The fourth-order valence-electron chi connectivity index (χ4n) is 0.990. The number of hydrogen-bond donors (Lipinski definition) is 2. The molecule has 0 aliphatic heterocycles. The molecule has 14 heavy (non-hydrogen) atoms. The molecule has 82 valence electrons. The minimum atomic E-state index is -0.591. The zero-order valence-electron chi connectivity index (χ0n) is 9.09. The van der Waals surface area contributed by atoms with Gasteiger partial charge in [-0.25, -0.2) is 4.79 Å². The van der Waals surface area contributed by atoms with Crippen LogP contribution in [0.15, 0.2) is 0 Å². The highest BCUT2D eigenvalue weighted by molar-refractivity contribution is 5.85. The molecular formula is C9H18N2O3. The fraction of sp³-hybridized carbons (Fsp3) is 0.778. The minimum Gasteiger partial charge on any atom is -0.467 e. The Morgan fingerprint density at radius 1 is 1.36 bits per heavy atom. The first-order chi connectivity index (χ1) is 6.52. The molecule has 2 atom stereocenters. The summed E-state index contributed by atoms with van der Waals surface area (Å²) in [5, 5.41) is 5.45. The molecule has 5 heteroatoms. The molecule has 1 amide bonds. The Morgan fingerprint density at radius 2 is 1.93 bits per heavy atom. The summed E-state index contributed by atoms with van der Waals surface area (Å²) in [6.45, 7) is 3.96. The van der Waals surface area contributed by atoms with Gasteiger partial charge in [0.15, 0.2) is 0 Å². The lowest BCUT2D eigenvalue weighted by Crippen LogP contribution is -2.43. The zero-order valence-corrected chi connectivity index (χ0v) is 9.09. The normalized spacial score (nSPS) is 14.3. The predicted molar refractivity (Wildman–Crippen MR) is 52.7 cm³/mol. The van der Waals surface area contributed by atoms with Gasteiger partial charge in [0.25, 0.3) is 0 Å². The zero-order chi connectivity index (χ0) is 11.1. The summed E-state index contributed by atoms with van der Waals surface area (Å²) < 4.78 is 4.48. The Bertz CT molecular complexity index is 206. The number of hydrogen-bond acceptors (Lipinski definition) is 4. The Morgan fingerprint density at radius 3 is 2.36 bits per heavy atom. The van der Waals surface area contributed by atoms with E-state index in [2.05, 4.69) is 15.4 Å². The third-order valence-electron chi connectivity index (χ3n) is 1.87. The maximum Gasteiger partial charge on any atom is 0.328 e. The number of methoxy groups -OCH3 is 1. The molecule has 5 nitrogen and oxygen atoms in total. The van der Waals surface area contributed by atoms with E-state index in [0.29, 0.717) is 6.54 Å². The monoisotopic (exact) mass is 202 g/mol. The third-order valence-corrected chi connectivity index (χ3v) is 1.87. The van der Waals surface area contributed by atoms with Crippen LogP contribution in [0.4, 0.5) is 0 Å². The fourth-order valence-corrected chi connectivity index (χ4v) is 0.990. The van der Waals surface area contributed by atoms with E-state index < -0.39 is 12.0 Å². The minimum absolute atomic E-state index is 0.155. The van der Waals surface area contributed by atoms with Gasteiger partial charge in [0, 0.05) is 12.5 Å². The van der Waals surface area contributed by atoms with Crippen LogP contribution in [-0.4, -0.2) is 38.6 Å². The third kappa shape index (κ3) is 4.23. The van der Waals surface area contributed by atoms with Gasteiger partial charge < -0.3 is 15.4 Å². The summed E-state index contributed by atoms with van der Waals surface area (Å²) in [7, 11) is 3.07. The Labute approximate surface area is 84.2 Å². The molecule has 0 saturated heterocycles. The van der Waals surface area contributed by atoms with Crippen molar-refractivity contribution < 1.29 is 14.3 Å². The average Bonchev–Trinajstić information content (AvgIpc) is 2.16. The van der Waals surface area contributed by atoms with Crippen molar-refractivity contribution in [2.75, 3.05) is 20.7 Å². The summed E-state index contributed by atoms with van der Waals surface area (Å²) in [5.74, 6) is -0.751. The molecule has 0 saturated carbocycles. The van der Waals surface area contributed by atoms with E-state index in [1.807, 2.05) is 0 Å². The van der Waals surface area contributed by atoms with E-state index >= 15 is 0 Å². The molecule has 2 N–H and O–H groups in total. The molecule has 0 aliphatic carbocycles. The van der Waals surface area contributed by atoms with Crippen LogP contribution in [0.3, 0.4) is 0 Å². The van der Waals surface area contributed by atoms with Gasteiger partial charge in [-0.05, 0) is 14.0 Å². The number of carbonyl (C=O) groups is 2. The van der Waals surface area contributed by atoms with Gasteiger partial charge in [-0.15, -0.1) is 0 Å². The van der Waals surface area contributed by atoms with Gasteiger partial charge in [0.05, 0.1) is 7.11 Å². The van der Waals surface area contributed by atoms with Gasteiger partial charge in [-0.2, -0.15) is 0 Å². The van der Waals surface area contributed by atoms with E-state index in [1.165, 1.54) is 7.11 Å². The topological polar surface area (TPSA) is 67.4 Å². The van der Waals surface area contributed by atoms with Crippen molar-refractivity contribution >= 4 is 11.9 Å². The van der Waals surface area contributed by atoms with E-state index in [4.69, 9.17) is 0 Å². The van der Waals surface area contributed by atoms with Crippen LogP contribution in [0.5, 0.6) is 0 Å². The number of amides is 1. The van der Waals surface area contributed by atoms with Crippen LogP contribution in [0.1, 0.15) is 13.8 Å². The number of carbonyl (C=O) groups excluding carboxylic acids is 2. The molecule has 0 aromatic rings. The maximum absolute atomic E-state index is 11.4. The summed E-state index contributed by atoms with van der Waals surface area (Å²) in [6.07, 6.45) is 0. The first-order valence-electron chi connectivity index (χ1n) is 4.55. The summed E-state index contributed by atoms with van der Waals surface area (Å²) in [6, 6.07) is -0.591. The molecule has 0 aromatic heterocycles. The second-order valence-electron chi connectivity index (χ2n) is 3.21. The maximum atomic E-state index is 11.4. The van der Waals surface area contributed by atoms with Crippen LogP contribution in [0.25, 0.3) is 0 Å². The van der Waals surface area contributed by atoms with Crippen LogP contribution < -0.4 is 10.6 Å². The molecule has 0 heterocycles. The second-order valence-corrected chi connectivity index (χ2v) is 3.21. The number of nitrogens with one attached hydrogen (secondary N) is 2. The van der Waals surface area contributed by atoms with Gasteiger partial charge in [0.2, 0.25) is 5.91 Å². The molecule has 0 rings (SSSR count). The van der Waals surface area contributed by atoms with Crippen molar-refractivity contribution in [1.82, 2.24) is 10.6 Å².